The van der Waals surface area contributed by atoms with Gasteiger partial charge in [0, 0.05) is 41.8 Å². The lowest BCUT2D eigenvalue weighted by Gasteiger charge is -2.13. The Morgan fingerprint density at radius 3 is 2.35 bits per heavy atom. The number of allylic oxidation sites excluding steroid dienone is 1. The quantitative estimate of drug-likeness (QED) is 0.315. The fourth-order valence-electron chi connectivity index (χ4n) is 4.08. The van der Waals surface area contributed by atoms with Gasteiger partial charge >= 0.3 is 0 Å². The largest absolute Gasteiger partial charge is 0.496 e. The average molecular weight is 456 g/mol. The molecule has 0 aliphatic carbocycles. The Balaban J connectivity index is 1.68. The van der Waals surface area contributed by atoms with E-state index < -0.39 is 0 Å². The third kappa shape index (κ3) is 5.05. The highest BCUT2D eigenvalue weighted by molar-refractivity contribution is 6.00. The summed E-state index contributed by atoms with van der Waals surface area (Å²) < 4.78 is 16.6. The van der Waals surface area contributed by atoms with Crippen LogP contribution in [0.2, 0.25) is 0 Å². The molecular weight excluding hydrogens is 426 g/mol. The highest BCUT2D eigenvalue weighted by atomic mass is 16.5. The molecule has 0 saturated carbocycles. The third-order valence-corrected chi connectivity index (χ3v) is 5.78. The van der Waals surface area contributed by atoms with E-state index in [1.54, 1.807) is 26.6 Å². The summed E-state index contributed by atoms with van der Waals surface area (Å²) in [5.41, 5.74) is 6.75. The van der Waals surface area contributed by atoms with Crippen molar-refractivity contribution in [2.45, 2.75) is 19.9 Å². The number of fused-ring (bicyclic) bond motifs is 1. The van der Waals surface area contributed by atoms with Gasteiger partial charge in [-0.15, -0.1) is 0 Å². The lowest BCUT2D eigenvalue weighted by Crippen LogP contribution is -2.34. The molecule has 0 aliphatic heterocycles. The van der Waals surface area contributed by atoms with Crippen LogP contribution in [-0.4, -0.2) is 32.8 Å². The Hall–Kier alpha value is -3.83. The highest BCUT2D eigenvalue weighted by Crippen LogP contribution is 2.37. The van der Waals surface area contributed by atoms with Crippen molar-refractivity contribution in [3.05, 3.63) is 84.6 Å². The number of ether oxygens (including phenoxy) is 2. The maximum atomic E-state index is 12.5. The number of rotatable bonds is 8. The minimum absolute atomic E-state index is 0.0785. The second-order valence-corrected chi connectivity index (χ2v) is 8.33. The van der Waals surface area contributed by atoms with E-state index >= 15 is 0 Å². The van der Waals surface area contributed by atoms with Crippen LogP contribution in [0.15, 0.2) is 83.5 Å². The number of methoxy groups -OCH3 is 2. The Kier molecular flexibility index (Phi) is 7.14. The first-order valence-corrected chi connectivity index (χ1v) is 11.2. The maximum absolute atomic E-state index is 12.5. The average Bonchev–Trinajstić information content (AvgIpc) is 3.26. The lowest BCUT2D eigenvalue weighted by atomic mass is 9.97. The number of amides is 1. The van der Waals surface area contributed by atoms with Crippen molar-refractivity contribution in [2.75, 3.05) is 20.8 Å². The molecule has 1 unspecified atom stereocenters. The molecule has 0 fully saturated rings. The second kappa shape index (κ2) is 10.4. The Bertz CT molecular complexity index is 1300. The minimum atomic E-state index is -0.173. The molecule has 5 nitrogen and oxygen atoms in total. The Morgan fingerprint density at radius 1 is 1.00 bits per heavy atom. The highest BCUT2D eigenvalue weighted by Gasteiger charge is 2.15. The third-order valence-electron chi connectivity index (χ3n) is 5.78. The summed E-state index contributed by atoms with van der Waals surface area (Å²) in [5, 5.41) is 3.87. The molecule has 0 bridgehead atoms. The Morgan fingerprint density at radius 2 is 1.68 bits per heavy atom. The van der Waals surface area contributed by atoms with Crippen LogP contribution in [0, 0.1) is 0 Å². The van der Waals surface area contributed by atoms with Crippen molar-refractivity contribution in [2.24, 2.45) is 0 Å². The van der Waals surface area contributed by atoms with Gasteiger partial charge in [0.25, 0.3) is 0 Å². The first-order valence-electron chi connectivity index (χ1n) is 11.2. The van der Waals surface area contributed by atoms with Crippen LogP contribution < -0.4 is 10.1 Å². The van der Waals surface area contributed by atoms with E-state index in [2.05, 4.69) is 41.7 Å². The van der Waals surface area contributed by atoms with Crippen LogP contribution in [0.4, 0.5) is 0 Å². The number of furan rings is 1. The van der Waals surface area contributed by atoms with Gasteiger partial charge in [-0.1, -0.05) is 54.6 Å². The summed E-state index contributed by atoms with van der Waals surface area (Å²) in [6.07, 6.45) is 3.36. The lowest BCUT2D eigenvalue weighted by molar-refractivity contribution is -0.117. The molecule has 0 radical (unpaired) electrons. The summed E-state index contributed by atoms with van der Waals surface area (Å²) >= 11 is 0. The van der Waals surface area contributed by atoms with Crippen LogP contribution in [-0.2, 0) is 9.53 Å². The summed E-state index contributed by atoms with van der Waals surface area (Å²) in [5.74, 6) is 0.479. The number of nitrogens with one attached hydrogen (secondary N) is 1. The molecule has 0 spiro atoms. The van der Waals surface area contributed by atoms with E-state index in [1.807, 2.05) is 44.2 Å². The van der Waals surface area contributed by atoms with Crippen LogP contribution >= 0.6 is 0 Å². The van der Waals surface area contributed by atoms with Gasteiger partial charge in [-0.2, -0.15) is 0 Å². The first kappa shape index (κ1) is 23.3. The van der Waals surface area contributed by atoms with Gasteiger partial charge in [0.15, 0.2) is 0 Å². The monoisotopic (exact) mass is 455 g/mol. The van der Waals surface area contributed by atoms with Gasteiger partial charge < -0.3 is 19.2 Å². The topological polar surface area (TPSA) is 60.7 Å². The van der Waals surface area contributed by atoms with Crippen molar-refractivity contribution in [1.29, 1.82) is 0 Å². The number of carbonyl (C=O) groups is 1. The van der Waals surface area contributed by atoms with Crippen molar-refractivity contribution in [3.63, 3.8) is 0 Å². The molecule has 5 heteroatoms. The van der Waals surface area contributed by atoms with E-state index in [9.17, 15) is 4.79 Å². The van der Waals surface area contributed by atoms with Gasteiger partial charge in [-0.05, 0) is 42.2 Å². The molecule has 1 N–H and O–H groups in total. The van der Waals surface area contributed by atoms with Crippen molar-refractivity contribution < 1.29 is 18.7 Å². The van der Waals surface area contributed by atoms with Crippen LogP contribution in [0.3, 0.4) is 0 Å². The van der Waals surface area contributed by atoms with Crippen LogP contribution in [0.5, 0.6) is 5.75 Å². The fourth-order valence-corrected chi connectivity index (χ4v) is 4.08. The molecule has 0 saturated heterocycles. The zero-order valence-corrected chi connectivity index (χ0v) is 19.9. The number of hydrogen-bond acceptors (Lipinski definition) is 4. The van der Waals surface area contributed by atoms with Crippen molar-refractivity contribution >= 4 is 22.4 Å². The maximum Gasteiger partial charge on any atom is 0.244 e. The van der Waals surface area contributed by atoms with Gasteiger partial charge in [0.05, 0.1) is 20.0 Å². The van der Waals surface area contributed by atoms with E-state index in [4.69, 9.17) is 13.9 Å². The standard InChI is InChI=1S/C29H29NO4/c1-19(14-29(31)30-20(2)17-32-3)24-15-25-26(18-34-28(25)16-27(24)33-4)23-12-10-22(11-13-23)21-8-6-5-7-9-21/h5-16,18,20H,17H2,1-4H3,(H,30,31)/b19-14+. The summed E-state index contributed by atoms with van der Waals surface area (Å²) in [6.45, 7) is 4.26. The molecule has 1 amide bonds. The van der Waals surface area contributed by atoms with E-state index in [0.29, 0.717) is 12.4 Å². The number of benzene rings is 3. The zero-order valence-electron chi connectivity index (χ0n) is 19.9. The molecule has 1 aromatic heterocycles. The molecular formula is C29H29NO4. The van der Waals surface area contributed by atoms with E-state index in [1.165, 1.54) is 5.56 Å². The molecule has 3 aromatic carbocycles. The number of carbonyl (C=O) groups excluding carboxylic acids is 1. The van der Waals surface area contributed by atoms with E-state index in [0.717, 1.165) is 38.8 Å². The molecule has 174 valence electrons. The predicted molar refractivity (Wildman–Crippen MR) is 137 cm³/mol. The molecule has 34 heavy (non-hydrogen) atoms. The SMILES string of the molecule is COCC(C)NC(=O)/C=C(\C)c1cc2c(-c3ccc(-c4ccccc4)cc3)coc2cc1OC. The van der Waals surface area contributed by atoms with Gasteiger partial charge in [0.1, 0.15) is 11.3 Å². The number of hydrogen-bond donors (Lipinski definition) is 1. The van der Waals surface area contributed by atoms with E-state index in [-0.39, 0.29) is 11.9 Å². The molecule has 4 rings (SSSR count). The van der Waals surface area contributed by atoms with Crippen molar-refractivity contribution in [3.8, 4) is 28.0 Å². The summed E-state index contributed by atoms with van der Waals surface area (Å²) in [6, 6.07) is 22.5. The molecule has 0 aliphatic rings. The molecule has 4 aromatic rings. The summed E-state index contributed by atoms with van der Waals surface area (Å²) in [4.78, 5) is 12.5. The summed E-state index contributed by atoms with van der Waals surface area (Å²) in [7, 11) is 3.23. The minimum Gasteiger partial charge on any atom is -0.496 e. The zero-order chi connectivity index (χ0) is 24.1. The molecule has 1 heterocycles. The fraction of sp³-hybridized carbons (Fsp3) is 0.207. The smallest absolute Gasteiger partial charge is 0.244 e. The second-order valence-electron chi connectivity index (χ2n) is 8.33. The van der Waals surface area contributed by atoms with Gasteiger partial charge in [0.2, 0.25) is 5.91 Å². The van der Waals surface area contributed by atoms with Crippen LogP contribution in [0.25, 0.3) is 38.8 Å². The molecule has 1 atom stereocenters. The van der Waals surface area contributed by atoms with Crippen molar-refractivity contribution in [1.82, 2.24) is 5.32 Å². The first-order chi connectivity index (χ1) is 16.5. The predicted octanol–water partition coefficient (Wildman–Crippen LogP) is 6.33. The van der Waals surface area contributed by atoms with Gasteiger partial charge in [-0.25, -0.2) is 0 Å². The van der Waals surface area contributed by atoms with Gasteiger partial charge in [-0.3, -0.25) is 4.79 Å². The Labute approximate surface area is 200 Å². The van der Waals surface area contributed by atoms with Crippen LogP contribution in [0.1, 0.15) is 19.4 Å². The normalized spacial score (nSPS) is 12.5.